The highest BCUT2D eigenvalue weighted by molar-refractivity contribution is 5.76. The van der Waals surface area contributed by atoms with Crippen LogP contribution in [-0.4, -0.2) is 19.6 Å². The van der Waals surface area contributed by atoms with Gasteiger partial charge in [0.1, 0.15) is 5.75 Å². The topological polar surface area (TPSA) is 38.3 Å². The van der Waals surface area contributed by atoms with Gasteiger partial charge in [-0.25, -0.2) is 0 Å². The van der Waals surface area contributed by atoms with Crippen molar-refractivity contribution >= 4 is 5.91 Å². The van der Waals surface area contributed by atoms with E-state index in [1.165, 1.54) is 25.7 Å². The van der Waals surface area contributed by atoms with E-state index < -0.39 is 0 Å². The summed E-state index contributed by atoms with van der Waals surface area (Å²) in [4.78, 5) is 11.8. The number of benzene rings is 1. The maximum Gasteiger partial charge on any atom is 0.220 e. The van der Waals surface area contributed by atoms with E-state index in [0.717, 1.165) is 17.7 Å². The lowest BCUT2D eigenvalue weighted by molar-refractivity contribution is -0.121. The fourth-order valence-corrected chi connectivity index (χ4v) is 2.79. The Morgan fingerprint density at radius 2 is 2.05 bits per heavy atom. The second kappa shape index (κ2) is 7.17. The van der Waals surface area contributed by atoms with Gasteiger partial charge in [-0.1, -0.05) is 31.0 Å². The van der Waals surface area contributed by atoms with Crippen molar-refractivity contribution in [2.24, 2.45) is 5.92 Å². The molecule has 0 atom stereocenters. The normalized spacial score (nSPS) is 15.4. The van der Waals surface area contributed by atoms with Gasteiger partial charge in [0, 0.05) is 13.0 Å². The Bertz CT molecular complexity index is 411. The van der Waals surface area contributed by atoms with Gasteiger partial charge in [-0.15, -0.1) is 0 Å². The second-order valence-corrected chi connectivity index (χ2v) is 5.27. The number of amides is 1. The molecule has 1 aromatic rings. The highest BCUT2D eigenvalue weighted by atomic mass is 16.5. The van der Waals surface area contributed by atoms with Crippen LogP contribution < -0.4 is 10.1 Å². The smallest absolute Gasteiger partial charge is 0.220 e. The van der Waals surface area contributed by atoms with Crippen LogP contribution in [0.2, 0.25) is 0 Å². The monoisotopic (exact) mass is 261 g/mol. The summed E-state index contributed by atoms with van der Waals surface area (Å²) in [5, 5.41) is 3.01. The molecule has 1 fully saturated rings. The van der Waals surface area contributed by atoms with Gasteiger partial charge >= 0.3 is 0 Å². The standard InChI is InChI=1S/C16H23NO2/c1-19-15-9-5-4-8-14(15)10-11-17-16(18)12-13-6-2-3-7-13/h4-5,8-9,13H,2-3,6-7,10-12H2,1H3,(H,17,18). The first-order valence-corrected chi connectivity index (χ1v) is 7.18. The Morgan fingerprint density at radius 3 is 2.79 bits per heavy atom. The van der Waals surface area contributed by atoms with Crippen LogP contribution in [0, 0.1) is 5.92 Å². The summed E-state index contributed by atoms with van der Waals surface area (Å²) in [7, 11) is 1.68. The molecule has 3 heteroatoms. The van der Waals surface area contributed by atoms with Crippen molar-refractivity contribution in [3.8, 4) is 5.75 Å². The van der Waals surface area contributed by atoms with Gasteiger partial charge < -0.3 is 10.1 Å². The van der Waals surface area contributed by atoms with Gasteiger partial charge in [-0.2, -0.15) is 0 Å². The molecule has 1 amide bonds. The highest BCUT2D eigenvalue weighted by Gasteiger charge is 2.18. The fourth-order valence-electron chi connectivity index (χ4n) is 2.79. The number of rotatable bonds is 6. The molecule has 0 heterocycles. The Kier molecular flexibility index (Phi) is 5.25. The molecule has 1 aromatic carbocycles. The summed E-state index contributed by atoms with van der Waals surface area (Å²) in [5.41, 5.74) is 1.14. The number of methoxy groups -OCH3 is 1. The molecular formula is C16H23NO2. The van der Waals surface area contributed by atoms with Crippen LogP contribution in [-0.2, 0) is 11.2 Å². The second-order valence-electron chi connectivity index (χ2n) is 5.27. The molecule has 1 aliphatic carbocycles. The largest absolute Gasteiger partial charge is 0.496 e. The molecule has 2 rings (SSSR count). The molecule has 0 radical (unpaired) electrons. The van der Waals surface area contributed by atoms with Crippen LogP contribution in [0.15, 0.2) is 24.3 Å². The molecule has 0 bridgehead atoms. The quantitative estimate of drug-likeness (QED) is 0.855. The SMILES string of the molecule is COc1ccccc1CCNC(=O)CC1CCCC1. The van der Waals surface area contributed by atoms with Crippen molar-refractivity contribution in [1.82, 2.24) is 5.32 Å². The van der Waals surface area contributed by atoms with Crippen LogP contribution in [0.1, 0.15) is 37.7 Å². The zero-order valence-electron chi connectivity index (χ0n) is 11.7. The molecule has 1 aliphatic rings. The lowest BCUT2D eigenvalue weighted by atomic mass is 10.0. The van der Waals surface area contributed by atoms with E-state index in [0.29, 0.717) is 18.9 Å². The van der Waals surface area contributed by atoms with E-state index in [9.17, 15) is 4.79 Å². The summed E-state index contributed by atoms with van der Waals surface area (Å²) in [5.74, 6) is 1.71. The first-order valence-electron chi connectivity index (χ1n) is 7.18. The van der Waals surface area contributed by atoms with Crippen molar-refractivity contribution in [2.45, 2.75) is 38.5 Å². The molecule has 19 heavy (non-hydrogen) atoms. The molecule has 104 valence electrons. The summed E-state index contributed by atoms with van der Waals surface area (Å²) >= 11 is 0. The Morgan fingerprint density at radius 1 is 1.32 bits per heavy atom. The fraction of sp³-hybridized carbons (Fsp3) is 0.562. The first kappa shape index (κ1) is 13.9. The molecule has 0 aliphatic heterocycles. The number of ether oxygens (including phenoxy) is 1. The van der Waals surface area contributed by atoms with Gasteiger partial charge in [0.25, 0.3) is 0 Å². The zero-order valence-corrected chi connectivity index (χ0v) is 11.7. The average molecular weight is 261 g/mol. The van der Waals surface area contributed by atoms with Gasteiger partial charge in [0.05, 0.1) is 7.11 Å². The van der Waals surface area contributed by atoms with Gasteiger partial charge in [-0.3, -0.25) is 4.79 Å². The van der Waals surface area contributed by atoms with Crippen molar-refractivity contribution in [3.05, 3.63) is 29.8 Å². The van der Waals surface area contributed by atoms with Gasteiger partial charge in [0.15, 0.2) is 0 Å². The summed E-state index contributed by atoms with van der Waals surface area (Å²) in [6.45, 7) is 0.686. The lowest BCUT2D eigenvalue weighted by Crippen LogP contribution is -2.27. The number of para-hydroxylation sites is 1. The predicted molar refractivity (Wildman–Crippen MR) is 76.3 cm³/mol. The molecule has 1 saturated carbocycles. The molecular weight excluding hydrogens is 238 g/mol. The maximum atomic E-state index is 11.8. The third-order valence-corrected chi connectivity index (χ3v) is 3.86. The minimum Gasteiger partial charge on any atom is -0.496 e. The third kappa shape index (κ3) is 4.27. The number of hydrogen-bond acceptors (Lipinski definition) is 2. The van der Waals surface area contributed by atoms with Crippen LogP contribution >= 0.6 is 0 Å². The van der Waals surface area contributed by atoms with Crippen LogP contribution in [0.4, 0.5) is 0 Å². The summed E-state index contributed by atoms with van der Waals surface area (Å²) < 4.78 is 5.30. The molecule has 0 unspecified atom stereocenters. The maximum absolute atomic E-state index is 11.8. The van der Waals surface area contributed by atoms with E-state index in [4.69, 9.17) is 4.74 Å². The lowest BCUT2D eigenvalue weighted by Gasteiger charge is -2.11. The Balaban J connectivity index is 1.72. The number of nitrogens with one attached hydrogen (secondary N) is 1. The highest BCUT2D eigenvalue weighted by Crippen LogP contribution is 2.27. The number of carbonyl (C=O) groups excluding carboxylic acids is 1. The third-order valence-electron chi connectivity index (χ3n) is 3.86. The average Bonchev–Trinajstić information content (AvgIpc) is 2.92. The van der Waals surface area contributed by atoms with Crippen LogP contribution in [0.5, 0.6) is 5.75 Å². The molecule has 3 nitrogen and oxygen atoms in total. The van der Waals surface area contributed by atoms with E-state index in [-0.39, 0.29) is 5.91 Å². The van der Waals surface area contributed by atoms with E-state index >= 15 is 0 Å². The van der Waals surface area contributed by atoms with Gasteiger partial charge in [0.2, 0.25) is 5.91 Å². The van der Waals surface area contributed by atoms with E-state index in [1.807, 2.05) is 24.3 Å². The first-order chi connectivity index (χ1) is 9.29. The molecule has 1 N–H and O–H groups in total. The van der Waals surface area contributed by atoms with Crippen molar-refractivity contribution in [1.29, 1.82) is 0 Å². The molecule has 0 saturated heterocycles. The minimum absolute atomic E-state index is 0.196. The van der Waals surface area contributed by atoms with E-state index in [1.54, 1.807) is 7.11 Å². The van der Waals surface area contributed by atoms with Crippen molar-refractivity contribution < 1.29 is 9.53 Å². The Hall–Kier alpha value is -1.51. The zero-order chi connectivity index (χ0) is 13.5. The van der Waals surface area contributed by atoms with Crippen molar-refractivity contribution in [3.63, 3.8) is 0 Å². The number of carbonyl (C=O) groups is 1. The Labute approximate surface area is 115 Å². The molecule has 0 aromatic heterocycles. The van der Waals surface area contributed by atoms with Crippen LogP contribution in [0.25, 0.3) is 0 Å². The predicted octanol–water partition coefficient (Wildman–Crippen LogP) is 2.93. The van der Waals surface area contributed by atoms with Crippen LogP contribution in [0.3, 0.4) is 0 Å². The number of hydrogen-bond donors (Lipinski definition) is 1. The summed E-state index contributed by atoms with van der Waals surface area (Å²) in [6, 6.07) is 7.96. The summed E-state index contributed by atoms with van der Waals surface area (Å²) in [6.07, 6.45) is 6.55. The molecule has 0 spiro atoms. The minimum atomic E-state index is 0.196. The van der Waals surface area contributed by atoms with Crippen molar-refractivity contribution in [2.75, 3.05) is 13.7 Å². The van der Waals surface area contributed by atoms with Gasteiger partial charge in [-0.05, 0) is 36.8 Å². The van der Waals surface area contributed by atoms with E-state index in [2.05, 4.69) is 5.32 Å².